The SMILES string of the molecule is Cc1cc2c(C)cc3ccc(=O)oc3c2o1. The average molecular weight is 214 g/mol. The van der Waals surface area contributed by atoms with Crippen molar-refractivity contribution < 1.29 is 8.83 Å². The highest BCUT2D eigenvalue weighted by atomic mass is 16.4. The summed E-state index contributed by atoms with van der Waals surface area (Å²) in [6.45, 7) is 3.90. The smallest absolute Gasteiger partial charge is 0.336 e. The van der Waals surface area contributed by atoms with E-state index in [1.165, 1.54) is 6.07 Å². The van der Waals surface area contributed by atoms with Crippen molar-refractivity contribution in [1.82, 2.24) is 0 Å². The summed E-state index contributed by atoms with van der Waals surface area (Å²) in [4.78, 5) is 11.2. The lowest BCUT2D eigenvalue weighted by molar-refractivity contribution is 0.537. The van der Waals surface area contributed by atoms with Gasteiger partial charge in [-0.15, -0.1) is 0 Å². The summed E-state index contributed by atoms with van der Waals surface area (Å²) in [6, 6.07) is 7.13. The lowest BCUT2D eigenvalue weighted by Crippen LogP contribution is -1.94. The predicted molar refractivity (Wildman–Crippen MR) is 61.7 cm³/mol. The molecular weight excluding hydrogens is 204 g/mol. The molecule has 0 amide bonds. The zero-order valence-corrected chi connectivity index (χ0v) is 9.03. The zero-order chi connectivity index (χ0) is 11.3. The van der Waals surface area contributed by atoms with Crippen LogP contribution in [0, 0.1) is 13.8 Å². The predicted octanol–water partition coefficient (Wildman–Crippen LogP) is 3.16. The highest BCUT2D eigenvalue weighted by Crippen LogP contribution is 2.29. The summed E-state index contributed by atoms with van der Waals surface area (Å²) in [5.41, 5.74) is 1.95. The van der Waals surface area contributed by atoms with Gasteiger partial charge in [0.25, 0.3) is 0 Å². The highest BCUT2D eigenvalue weighted by molar-refractivity contribution is 6.02. The fourth-order valence-electron chi connectivity index (χ4n) is 2.00. The Balaban J connectivity index is 2.65. The maximum Gasteiger partial charge on any atom is 0.336 e. The molecule has 0 aliphatic carbocycles. The van der Waals surface area contributed by atoms with Gasteiger partial charge in [-0.1, -0.05) is 0 Å². The summed E-state index contributed by atoms with van der Waals surface area (Å²) < 4.78 is 10.8. The molecule has 0 aliphatic rings. The lowest BCUT2D eigenvalue weighted by Gasteiger charge is -1.99. The van der Waals surface area contributed by atoms with E-state index in [0.29, 0.717) is 11.2 Å². The quantitative estimate of drug-likeness (QED) is 0.540. The van der Waals surface area contributed by atoms with Gasteiger partial charge in [0.2, 0.25) is 0 Å². The summed E-state index contributed by atoms with van der Waals surface area (Å²) in [5.74, 6) is 0.817. The van der Waals surface area contributed by atoms with Gasteiger partial charge < -0.3 is 8.83 Å². The van der Waals surface area contributed by atoms with Gasteiger partial charge in [0.05, 0.1) is 0 Å². The Kier molecular flexibility index (Phi) is 1.72. The van der Waals surface area contributed by atoms with Crippen LogP contribution in [0.15, 0.2) is 37.9 Å². The second-order valence-electron chi connectivity index (χ2n) is 3.97. The molecule has 0 saturated heterocycles. The Hall–Kier alpha value is -2.03. The summed E-state index contributed by atoms with van der Waals surface area (Å²) >= 11 is 0. The Labute approximate surface area is 91.3 Å². The van der Waals surface area contributed by atoms with Crippen molar-refractivity contribution in [2.24, 2.45) is 0 Å². The molecule has 0 unspecified atom stereocenters. The van der Waals surface area contributed by atoms with Crippen LogP contribution in [0.3, 0.4) is 0 Å². The molecule has 3 aromatic rings. The molecule has 0 saturated carbocycles. The molecule has 0 fully saturated rings. The van der Waals surface area contributed by atoms with Crippen LogP contribution >= 0.6 is 0 Å². The molecule has 0 N–H and O–H groups in total. The normalized spacial score (nSPS) is 11.4. The van der Waals surface area contributed by atoms with Crippen LogP contribution in [-0.2, 0) is 0 Å². The number of benzene rings is 1. The van der Waals surface area contributed by atoms with Crippen LogP contribution in [0.25, 0.3) is 21.9 Å². The minimum absolute atomic E-state index is 0.355. The van der Waals surface area contributed by atoms with Gasteiger partial charge in [-0.25, -0.2) is 4.79 Å². The first-order valence-corrected chi connectivity index (χ1v) is 5.09. The lowest BCUT2D eigenvalue weighted by atomic mass is 10.1. The van der Waals surface area contributed by atoms with Crippen LogP contribution in [-0.4, -0.2) is 0 Å². The largest absolute Gasteiger partial charge is 0.457 e. The first-order chi connectivity index (χ1) is 7.65. The van der Waals surface area contributed by atoms with Gasteiger partial charge in [0, 0.05) is 16.8 Å². The van der Waals surface area contributed by atoms with Crippen LogP contribution in [0.4, 0.5) is 0 Å². The zero-order valence-electron chi connectivity index (χ0n) is 9.03. The Bertz CT molecular complexity index is 747. The van der Waals surface area contributed by atoms with Crippen molar-refractivity contribution >= 4 is 21.9 Å². The van der Waals surface area contributed by atoms with Crippen molar-refractivity contribution in [3.8, 4) is 0 Å². The van der Waals surface area contributed by atoms with Gasteiger partial charge in [-0.3, -0.25) is 0 Å². The maximum absolute atomic E-state index is 11.2. The van der Waals surface area contributed by atoms with E-state index in [-0.39, 0.29) is 5.63 Å². The maximum atomic E-state index is 11.2. The number of rotatable bonds is 0. The number of hydrogen-bond acceptors (Lipinski definition) is 3. The topological polar surface area (TPSA) is 43.4 Å². The molecule has 1 aromatic carbocycles. The van der Waals surface area contributed by atoms with Crippen molar-refractivity contribution in [2.45, 2.75) is 13.8 Å². The molecule has 0 spiro atoms. The van der Waals surface area contributed by atoms with E-state index >= 15 is 0 Å². The summed E-state index contributed by atoms with van der Waals surface area (Å²) in [6.07, 6.45) is 0. The number of furan rings is 1. The minimum atomic E-state index is -0.355. The molecule has 16 heavy (non-hydrogen) atoms. The molecule has 0 bridgehead atoms. The van der Waals surface area contributed by atoms with Crippen LogP contribution in [0.2, 0.25) is 0 Å². The second kappa shape index (κ2) is 2.98. The van der Waals surface area contributed by atoms with E-state index in [2.05, 4.69) is 0 Å². The molecule has 3 heteroatoms. The van der Waals surface area contributed by atoms with Gasteiger partial charge in [0.15, 0.2) is 11.2 Å². The Morgan fingerprint density at radius 1 is 1.00 bits per heavy atom. The number of fused-ring (bicyclic) bond motifs is 3. The van der Waals surface area contributed by atoms with Gasteiger partial charge in [-0.2, -0.15) is 0 Å². The number of hydrogen-bond donors (Lipinski definition) is 0. The van der Waals surface area contributed by atoms with E-state index in [0.717, 1.165) is 22.1 Å². The van der Waals surface area contributed by atoms with E-state index in [4.69, 9.17) is 8.83 Å². The monoisotopic (exact) mass is 214 g/mol. The second-order valence-corrected chi connectivity index (χ2v) is 3.97. The molecule has 3 nitrogen and oxygen atoms in total. The minimum Gasteiger partial charge on any atom is -0.457 e. The fraction of sp³-hybridized carbons (Fsp3) is 0.154. The van der Waals surface area contributed by atoms with E-state index in [9.17, 15) is 4.79 Å². The fourth-order valence-corrected chi connectivity index (χ4v) is 2.00. The third-order valence-corrected chi connectivity index (χ3v) is 2.72. The molecule has 0 radical (unpaired) electrons. The molecule has 3 rings (SSSR count). The van der Waals surface area contributed by atoms with Crippen LogP contribution in [0.1, 0.15) is 11.3 Å². The molecule has 2 aromatic heterocycles. The first-order valence-electron chi connectivity index (χ1n) is 5.09. The van der Waals surface area contributed by atoms with Crippen molar-refractivity contribution in [1.29, 1.82) is 0 Å². The van der Waals surface area contributed by atoms with E-state index < -0.39 is 0 Å². The van der Waals surface area contributed by atoms with Crippen molar-refractivity contribution in [3.63, 3.8) is 0 Å². The van der Waals surface area contributed by atoms with Crippen molar-refractivity contribution in [3.05, 3.63) is 46.0 Å². The molecular formula is C13H10O3. The summed E-state index contributed by atoms with van der Waals surface area (Å²) in [7, 11) is 0. The van der Waals surface area contributed by atoms with Gasteiger partial charge in [0.1, 0.15) is 5.76 Å². The highest BCUT2D eigenvalue weighted by Gasteiger charge is 2.10. The van der Waals surface area contributed by atoms with E-state index in [1.807, 2.05) is 26.0 Å². The molecule has 80 valence electrons. The standard InChI is InChI=1S/C13H10O3/c1-7-5-9-3-4-11(14)16-12(9)13-10(7)6-8(2)15-13/h3-6H,1-2H3. The average Bonchev–Trinajstić information content (AvgIpc) is 2.62. The third kappa shape index (κ3) is 1.18. The van der Waals surface area contributed by atoms with Gasteiger partial charge >= 0.3 is 5.63 Å². The van der Waals surface area contributed by atoms with Crippen LogP contribution in [0.5, 0.6) is 0 Å². The first kappa shape index (κ1) is 9.21. The summed E-state index contributed by atoms with van der Waals surface area (Å²) in [5, 5.41) is 1.89. The van der Waals surface area contributed by atoms with Crippen LogP contribution < -0.4 is 5.63 Å². The molecule has 0 aliphatic heterocycles. The Morgan fingerprint density at radius 2 is 1.81 bits per heavy atom. The molecule has 0 atom stereocenters. The third-order valence-electron chi connectivity index (χ3n) is 2.72. The van der Waals surface area contributed by atoms with E-state index in [1.54, 1.807) is 6.07 Å². The molecule has 2 heterocycles. The van der Waals surface area contributed by atoms with Crippen molar-refractivity contribution in [2.75, 3.05) is 0 Å². The van der Waals surface area contributed by atoms with Gasteiger partial charge in [-0.05, 0) is 37.6 Å². The number of aryl methyl sites for hydroxylation is 2. The Morgan fingerprint density at radius 3 is 2.62 bits per heavy atom.